The molecule has 0 aromatic heterocycles. The van der Waals surface area contributed by atoms with Gasteiger partial charge in [-0.2, -0.15) is 0 Å². The van der Waals surface area contributed by atoms with Crippen molar-refractivity contribution in [2.45, 2.75) is 6.54 Å². The Hall–Kier alpha value is -2.49. The van der Waals surface area contributed by atoms with Gasteiger partial charge in [0.05, 0.1) is 11.3 Å². The van der Waals surface area contributed by atoms with Crippen LogP contribution in [-0.4, -0.2) is 5.91 Å². The quantitative estimate of drug-likeness (QED) is 0.805. The second-order valence-corrected chi connectivity index (χ2v) is 4.11. The van der Waals surface area contributed by atoms with E-state index in [4.69, 9.17) is 10.5 Å². The van der Waals surface area contributed by atoms with Gasteiger partial charge in [-0.25, -0.2) is 0 Å². The summed E-state index contributed by atoms with van der Waals surface area (Å²) in [6.45, 7) is 0.658. The van der Waals surface area contributed by atoms with Gasteiger partial charge in [-0.05, 0) is 18.2 Å². The van der Waals surface area contributed by atoms with E-state index in [9.17, 15) is 4.79 Å². The maximum atomic E-state index is 11.4. The highest BCUT2D eigenvalue weighted by molar-refractivity contribution is 5.97. The van der Waals surface area contributed by atoms with Crippen molar-refractivity contribution in [2.75, 3.05) is 5.32 Å². The molecule has 90 valence electrons. The Morgan fingerprint density at radius 3 is 2.83 bits per heavy atom. The molecular formula is C14H12N2O2. The van der Waals surface area contributed by atoms with Crippen molar-refractivity contribution < 1.29 is 9.53 Å². The number of carbonyl (C=O) groups is 1. The minimum atomic E-state index is -0.493. The number of rotatable bonds is 1. The number of amides is 1. The van der Waals surface area contributed by atoms with Crippen LogP contribution in [0.5, 0.6) is 11.5 Å². The van der Waals surface area contributed by atoms with Gasteiger partial charge >= 0.3 is 0 Å². The van der Waals surface area contributed by atoms with Crippen LogP contribution in [0.3, 0.4) is 0 Å². The summed E-state index contributed by atoms with van der Waals surface area (Å²) >= 11 is 0. The van der Waals surface area contributed by atoms with Gasteiger partial charge in [0.25, 0.3) is 5.91 Å². The summed E-state index contributed by atoms with van der Waals surface area (Å²) in [6.07, 6.45) is 0. The number of hydrogen-bond acceptors (Lipinski definition) is 3. The average Bonchev–Trinajstić information content (AvgIpc) is 2.57. The smallest absolute Gasteiger partial charge is 0.252 e. The van der Waals surface area contributed by atoms with E-state index in [-0.39, 0.29) is 0 Å². The second kappa shape index (κ2) is 4.07. The minimum Gasteiger partial charge on any atom is -0.454 e. The van der Waals surface area contributed by atoms with Gasteiger partial charge < -0.3 is 15.8 Å². The van der Waals surface area contributed by atoms with Crippen molar-refractivity contribution >= 4 is 11.6 Å². The third-order valence-electron chi connectivity index (χ3n) is 2.93. The zero-order valence-electron chi connectivity index (χ0n) is 9.64. The number of para-hydroxylation sites is 2. The molecule has 1 heterocycles. The number of benzene rings is 2. The number of anilines is 1. The molecule has 0 atom stereocenters. The van der Waals surface area contributed by atoms with Gasteiger partial charge in [-0.1, -0.05) is 24.3 Å². The first-order valence-corrected chi connectivity index (χ1v) is 5.68. The van der Waals surface area contributed by atoms with E-state index >= 15 is 0 Å². The summed E-state index contributed by atoms with van der Waals surface area (Å²) in [6, 6.07) is 13.0. The number of nitrogens with two attached hydrogens (primary N) is 1. The molecule has 4 nitrogen and oxygen atoms in total. The first-order chi connectivity index (χ1) is 8.75. The maximum Gasteiger partial charge on any atom is 0.252 e. The van der Waals surface area contributed by atoms with Gasteiger partial charge in [-0.3, -0.25) is 4.79 Å². The summed E-state index contributed by atoms with van der Waals surface area (Å²) in [5, 5.41) is 3.24. The Morgan fingerprint density at radius 2 is 2.00 bits per heavy atom. The molecule has 0 spiro atoms. The zero-order valence-corrected chi connectivity index (χ0v) is 9.64. The fourth-order valence-corrected chi connectivity index (χ4v) is 2.03. The highest BCUT2D eigenvalue weighted by Crippen LogP contribution is 2.37. The molecular weight excluding hydrogens is 228 g/mol. The molecule has 1 aliphatic heterocycles. The number of primary amides is 1. The summed E-state index contributed by atoms with van der Waals surface area (Å²) in [4.78, 5) is 11.4. The second-order valence-electron chi connectivity index (χ2n) is 4.11. The standard InChI is InChI=1S/C14H12N2O2/c15-14(17)10-5-3-6-11-13(10)18-12-7-2-1-4-9(12)8-16-11/h1-7,16H,8H2,(H2,15,17). The van der Waals surface area contributed by atoms with Crippen molar-refractivity contribution in [1.29, 1.82) is 0 Å². The molecule has 1 amide bonds. The highest BCUT2D eigenvalue weighted by Gasteiger charge is 2.19. The molecule has 3 rings (SSSR count). The molecule has 0 fully saturated rings. The maximum absolute atomic E-state index is 11.4. The van der Waals surface area contributed by atoms with Crippen molar-refractivity contribution in [3.05, 3.63) is 53.6 Å². The van der Waals surface area contributed by atoms with Crippen LogP contribution >= 0.6 is 0 Å². The Balaban J connectivity index is 2.15. The normalized spacial score (nSPS) is 12.4. The lowest BCUT2D eigenvalue weighted by Crippen LogP contribution is -2.12. The van der Waals surface area contributed by atoms with Gasteiger partial charge in [0.1, 0.15) is 5.75 Å². The summed E-state index contributed by atoms with van der Waals surface area (Å²) in [5.74, 6) is 0.750. The predicted molar refractivity (Wildman–Crippen MR) is 68.8 cm³/mol. The fraction of sp³-hybridized carbons (Fsp3) is 0.0714. The van der Waals surface area contributed by atoms with Gasteiger partial charge in [-0.15, -0.1) is 0 Å². The number of hydrogen-bond donors (Lipinski definition) is 2. The van der Waals surface area contributed by atoms with Crippen LogP contribution in [0.25, 0.3) is 0 Å². The molecule has 0 saturated carbocycles. The van der Waals surface area contributed by atoms with Gasteiger partial charge in [0.2, 0.25) is 0 Å². The lowest BCUT2D eigenvalue weighted by molar-refractivity contribution is 0.0998. The van der Waals surface area contributed by atoms with Crippen LogP contribution in [0.1, 0.15) is 15.9 Å². The first-order valence-electron chi connectivity index (χ1n) is 5.68. The monoisotopic (exact) mass is 240 g/mol. The van der Waals surface area contributed by atoms with E-state index in [2.05, 4.69) is 5.32 Å². The first kappa shape index (κ1) is 10.7. The Labute approximate surface area is 104 Å². The van der Waals surface area contributed by atoms with Gasteiger partial charge in [0.15, 0.2) is 5.75 Å². The molecule has 1 aliphatic rings. The van der Waals surface area contributed by atoms with Crippen LogP contribution in [0.4, 0.5) is 5.69 Å². The van der Waals surface area contributed by atoms with Crippen LogP contribution < -0.4 is 15.8 Å². The largest absolute Gasteiger partial charge is 0.454 e. The summed E-state index contributed by atoms with van der Waals surface area (Å²) in [7, 11) is 0. The number of nitrogens with one attached hydrogen (secondary N) is 1. The minimum absolute atomic E-state index is 0.386. The lowest BCUT2D eigenvalue weighted by Gasteiger charge is -2.11. The molecule has 0 unspecified atom stereocenters. The number of fused-ring (bicyclic) bond motifs is 2. The summed E-state index contributed by atoms with van der Waals surface area (Å²) in [5.41, 5.74) is 7.57. The Morgan fingerprint density at radius 1 is 1.17 bits per heavy atom. The predicted octanol–water partition coefficient (Wildman–Crippen LogP) is 2.50. The molecule has 2 aromatic rings. The highest BCUT2D eigenvalue weighted by atomic mass is 16.5. The van der Waals surface area contributed by atoms with Crippen LogP contribution in [-0.2, 0) is 6.54 Å². The number of carbonyl (C=O) groups excluding carboxylic acids is 1. The lowest BCUT2D eigenvalue weighted by atomic mass is 10.1. The molecule has 2 aromatic carbocycles. The van der Waals surface area contributed by atoms with E-state index in [0.717, 1.165) is 17.0 Å². The molecule has 18 heavy (non-hydrogen) atoms. The molecule has 0 bridgehead atoms. The van der Waals surface area contributed by atoms with Crippen LogP contribution in [0.15, 0.2) is 42.5 Å². The fourth-order valence-electron chi connectivity index (χ4n) is 2.03. The topological polar surface area (TPSA) is 64.4 Å². The van der Waals surface area contributed by atoms with E-state index in [1.165, 1.54) is 0 Å². The number of ether oxygens (including phenoxy) is 1. The molecule has 3 N–H and O–H groups in total. The van der Waals surface area contributed by atoms with Crippen molar-refractivity contribution in [2.24, 2.45) is 5.73 Å². The van der Waals surface area contributed by atoms with Crippen molar-refractivity contribution in [3.63, 3.8) is 0 Å². The van der Waals surface area contributed by atoms with Gasteiger partial charge in [0, 0.05) is 12.1 Å². The van der Waals surface area contributed by atoms with Crippen molar-refractivity contribution in [3.8, 4) is 11.5 Å². The molecule has 0 saturated heterocycles. The van der Waals surface area contributed by atoms with Crippen LogP contribution in [0.2, 0.25) is 0 Å². The Kier molecular flexibility index (Phi) is 2.41. The third-order valence-corrected chi connectivity index (χ3v) is 2.93. The van der Waals surface area contributed by atoms with Crippen molar-refractivity contribution in [1.82, 2.24) is 0 Å². The third kappa shape index (κ3) is 1.68. The molecule has 0 aliphatic carbocycles. The van der Waals surface area contributed by atoms with Crippen LogP contribution in [0, 0.1) is 0 Å². The summed E-state index contributed by atoms with van der Waals surface area (Å²) < 4.78 is 5.83. The van der Waals surface area contributed by atoms with E-state index in [1.807, 2.05) is 30.3 Å². The van der Waals surface area contributed by atoms with E-state index in [1.54, 1.807) is 12.1 Å². The van der Waals surface area contributed by atoms with E-state index < -0.39 is 5.91 Å². The zero-order chi connectivity index (χ0) is 12.5. The Bertz CT molecular complexity index is 623. The molecule has 4 heteroatoms. The molecule has 0 radical (unpaired) electrons. The SMILES string of the molecule is NC(=O)c1cccc2c1Oc1ccccc1CN2. The van der Waals surface area contributed by atoms with E-state index in [0.29, 0.717) is 17.9 Å². The average molecular weight is 240 g/mol.